The smallest absolute Gasteiger partial charge is 0.226 e. The fourth-order valence-corrected chi connectivity index (χ4v) is 3.84. The Balaban J connectivity index is 1.93. The minimum Gasteiger partial charge on any atom is -0.328 e. The highest BCUT2D eigenvalue weighted by molar-refractivity contribution is 6.31. The van der Waals surface area contributed by atoms with E-state index in [0.717, 1.165) is 11.3 Å². The van der Waals surface area contributed by atoms with E-state index in [9.17, 15) is 4.79 Å². The van der Waals surface area contributed by atoms with Gasteiger partial charge in [-0.3, -0.25) is 4.79 Å². The molecule has 0 radical (unpaired) electrons. The average molecular weight is 329 g/mol. The molecule has 2 aliphatic rings. The van der Waals surface area contributed by atoms with Gasteiger partial charge < -0.3 is 5.32 Å². The second-order valence-corrected chi connectivity index (χ2v) is 7.24. The second kappa shape index (κ2) is 4.93. The summed E-state index contributed by atoms with van der Waals surface area (Å²) in [6.07, 6.45) is 4.15. The van der Waals surface area contributed by atoms with E-state index in [2.05, 4.69) is 35.3 Å². The highest BCUT2D eigenvalue weighted by Crippen LogP contribution is 2.46. The maximum Gasteiger partial charge on any atom is 0.226 e. The third-order valence-corrected chi connectivity index (χ3v) is 4.83. The van der Waals surface area contributed by atoms with Gasteiger partial charge in [-0.05, 0) is 17.0 Å². The van der Waals surface area contributed by atoms with Crippen LogP contribution in [0, 0.1) is 11.3 Å². The number of allylic oxidation sites excluding steroid dienone is 2. The first-order valence-corrected chi connectivity index (χ1v) is 8.00. The Morgan fingerprint density at radius 2 is 2.13 bits per heavy atom. The zero-order valence-electron chi connectivity index (χ0n) is 13.0. The van der Waals surface area contributed by atoms with Crippen molar-refractivity contribution in [1.29, 1.82) is 0 Å². The monoisotopic (exact) mass is 328 g/mol. The topological polar surface area (TPSA) is 59.8 Å². The third kappa shape index (κ3) is 2.27. The summed E-state index contributed by atoms with van der Waals surface area (Å²) < 4.78 is 1.76. The van der Waals surface area contributed by atoms with Gasteiger partial charge in [0.05, 0.1) is 12.0 Å². The molecule has 1 aromatic heterocycles. The summed E-state index contributed by atoms with van der Waals surface area (Å²) in [6, 6.07) is 7.35. The SMILES string of the molecule is CC1(C)C=C2Nc3ncnn3C(c3ccccc3Cl)C2C(=O)C1. The fraction of sp³-hybridized carbons (Fsp3) is 0.353. The van der Waals surface area contributed by atoms with Crippen LogP contribution in [-0.4, -0.2) is 20.5 Å². The van der Waals surface area contributed by atoms with Crippen molar-refractivity contribution in [2.75, 3.05) is 5.32 Å². The number of ketones is 1. The largest absolute Gasteiger partial charge is 0.328 e. The molecule has 0 spiro atoms. The minimum absolute atomic E-state index is 0.164. The molecule has 0 bridgehead atoms. The molecular formula is C17H17ClN4O. The molecule has 0 saturated carbocycles. The maximum atomic E-state index is 12.9. The van der Waals surface area contributed by atoms with Crippen LogP contribution < -0.4 is 5.32 Å². The van der Waals surface area contributed by atoms with Crippen LogP contribution in [0.3, 0.4) is 0 Å². The number of aromatic nitrogens is 3. The Morgan fingerprint density at radius 3 is 2.91 bits per heavy atom. The molecule has 2 aromatic rings. The molecule has 1 aliphatic heterocycles. The van der Waals surface area contributed by atoms with E-state index in [0.29, 0.717) is 17.4 Å². The van der Waals surface area contributed by atoms with E-state index in [1.54, 1.807) is 4.68 Å². The number of halogens is 1. The number of nitrogens with one attached hydrogen (secondary N) is 1. The van der Waals surface area contributed by atoms with Crippen LogP contribution in [0.25, 0.3) is 0 Å². The Morgan fingerprint density at radius 1 is 1.35 bits per heavy atom. The molecule has 2 unspecified atom stereocenters. The molecule has 0 fully saturated rings. The standard InChI is InChI=1S/C17H17ClN4O/c1-17(2)7-12-14(13(23)8-17)15(10-5-3-4-6-11(10)18)22-16(21-12)19-9-20-22/h3-7,9,14-15H,8H2,1-2H3,(H,19,20,21). The number of nitrogens with zero attached hydrogens (tertiary/aromatic N) is 3. The molecule has 5 nitrogen and oxygen atoms in total. The van der Waals surface area contributed by atoms with Crippen LogP contribution in [-0.2, 0) is 4.79 Å². The number of hydrogen-bond acceptors (Lipinski definition) is 4. The number of anilines is 1. The highest BCUT2D eigenvalue weighted by Gasteiger charge is 2.45. The molecule has 23 heavy (non-hydrogen) atoms. The van der Waals surface area contributed by atoms with Crippen LogP contribution in [0.1, 0.15) is 31.9 Å². The summed E-state index contributed by atoms with van der Waals surface area (Å²) in [5.41, 5.74) is 1.63. The van der Waals surface area contributed by atoms with E-state index in [1.807, 2.05) is 24.3 Å². The zero-order chi connectivity index (χ0) is 16.2. The Bertz CT molecular complexity index is 824. The zero-order valence-corrected chi connectivity index (χ0v) is 13.7. The predicted molar refractivity (Wildman–Crippen MR) is 88.2 cm³/mol. The Labute approximate surface area is 139 Å². The van der Waals surface area contributed by atoms with Gasteiger partial charge in [-0.2, -0.15) is 10.1 Å². The lowest BCUT2D eigenvalue weighted by molar-refractivity contribution is -0.125. The summed E-state index contributed by atoms with van der Waals surface area (Å²) in [4.78, 5) is 17.2. The number of rotatable bonds is 1. The van der Waals surface area contributed by atoms with Gasteiger partial charge >= 0.3 is 0 Å². The van der Waals surface area contributed by atoms with Gasteiger partial charge in [0.15, 0.2) is 0 Å². The second-order valence-electron chi connectivity index (χ2n) is 6.83. The van der Waals surface area contributed by atoms with E-state index < -0.39 is 0 Å². The minimum atomic E-state index is -0.308. The quantitative estimate of drug-likeness (QED) is 0.871. The number of carbonyl (C=O) groups is 1. The van der Waals surface area contributed by atoms with Gasteiger partial charge in [0, 0.05) is 17.1 Å². The maximum absolute atomic E-state index is 12.9. The first-order valence-electron chi connectivity index (χ1n) is 7.63. The molecule has 4 rings (SSSR count). The summed E-state index contributed by atoms with van der Waals surface area (Å²) in [5, 5.41) is 8.23. The van der Waals surface area contributed by atoms with Crippen molar-refractivity contribution < 1.29 is 4.79 Å². The molecule has 1 aliphatic carbocycles. The number of Topliss-reactive ketones (excluding diaryl/α,β-unsaturated/α-hetero) is 1. The van der Waals surface area contributed by atoms with Gasteiger partial charge in [0.25, 0.3) is 0 Å². The summed E-state index contributed by atoms with van der Waals surface area (Å²) in [7, 11) is 0. The molecule has 118 valence electrons. The third-order valence-electron chi connectivity index (χ3n) is 4.49. The molecule has 2 heterocycles. The van der Waals surface area contributed by atoms with Gasteiger partial charge in [0.1, 0.15) is 12.1 Å². The molecule has 6 heteroatoms. The molecule has 1 aromatic carbocycles. The van der Waals surface area contributed by atoms with Crippen LogP contribution in [0.5, 0.6) is 0 Å². The Hall–Kier alpha value is -2.14. The normalized spacial score (nSPS) is 25.2. The molecule has 0 amide bonds. The summed E-state index contributed by atoms with van der Waals surface area (Å²) in [5.74, 6) is 0.533. The molecule has 1 N–H and O–H groups in total. The van der Waals surface area contributed by atoms with Crippen molar-refractivity contribution in [3.63, 3.8) is 0 Å². The number of fused-ring (bicyclic) bond motifs is 2. The summed E-state index contributed by atoms with van der Waals surface area (Å²) in [6.45, 7) is 4.14. The van der Waals surface area contributed by atoms with Gasteiger partial charge in [-0.25, -0.2) is 4.68 Å². The lowest BCUT2D eigenvalue weighted by Gasteiger charge is -2.40. The van der Waals surface area contributed by atoms with E-state index in [-0.39, 0.29) is 23.2 Å². The fourth-order valence-electron chi connectivity index (χ4n) is 3.59. The van der Waals surface area contributed by atoms with Gasteiger partial charge in [0.2, 0.25) is 5.95 Å². The van der Waals surface area contributed by atoms with Crippen molar-refractivity contribution in [1.82, 2.24) is 14.8 Å². The average Bonchev–Trinajstić information content (AvgIpc) is 2.92. The number of benzene rings is 1. The molecule has 0 saturated heterocycles. The van der Waals surface area contributed by atoms with Crippen molar-refractivity contribution in [3.05, 3.63) is 53.0 Å². The van der Waals surface area contributed by atoms with Crippen molar-refractivity contribution in [2.24, 2.45) is 11.3 Å². The van der Waals surface area contributed by atoms with Crippen LogP contribution in [0.4, 0.5) is 5.95 Å². The van der Waals surface area contributed by atoms with Crippen molar-refractivity contribution in [2.45, 2.75) is 26.3 Å². The Kier molecular flexibility index (Phi) is 3.10. The molecule has 2 atom stereocenters. The van der Waals surface area contributed by atoms with Crippen LogP contribution in [0.2, 0.25) is 5.02 Å². The van der Waals surface area contributed by atoms with Crippen LogP contribution in [0.15, 0.2) is 42.4 Å². The number of carbonyl (C=O) groups excluding carboxylic acids is 1. The van der Waals surface area contributed by atoms with Gasteiger partial charge in [-0.1, -0.05) is 49.7 Å². The van der Waals surface area contributed by atoms with Crippen molar-refractivity contribution in [3.8, 4) is 0 Å². The lowest BCUT2D eigenvalue weighted by atomic mass is 9.72. The summed E-state index contributed by atoms with van der Waals surface area (Å²) >= 11 is 6.41. The van der Waals surface area contributed by atoms with E-state index in [1.165, 1.54) is 6.33 Å². The first kappa shape index (κ1) is 14.5. The van der Waals surface area contributed by atoms with E-state index >= 15 is 0 Å². The van der Waals surface area contributed by atoms with E-state index in [4.69, 9.17) is 11.6 Å². The van der Waals surface area contributed by atoms with Crippen LogP contribution >= 0.6 is 11.6 Å². The predicted octanol–water partition coefficient (Wildman–Crippen LogP) is 3.45. The van der Waals surface area contributed by atoms with Gasteiger partial charge in [-0.15, -0.1) is 0 Å². The highest BCUT2D eigenvalue weighted by atomic mass is 35.5. The first-order chi connectivity index (χ1) is 11.0. The molecular weight excluding hydrogens is 312 g/mol. The van der Waals surface area contributed by atoms with Crippen molar-refractivity contribution >= 4 is 23.3 Å². The number of hydrogen-bond donors (Lipinski definition) is 1. The lowest BCUT2D eigenvalue weighted by Crippen LogP contribution is -2.42.